The zero-order chi connectivity index (χ0) is 11.4. The van der Waals surface area contributed by atoms with Crippen LogP contribution < -0.4 is 5.73 Å². The molecule has 16 heavy (non-hydrogen) atoms. The van der Waals surface area contributed by atoms with Crippen LogP contribution >= 0.6 is 0 Å². The van der Waals surface area contributed by atoms with E-state index in [0.717, 1.165) is 18.4 Å². The first-order valence-electron chi connectivity index (χ1n) is 5.86. The first kappa shape index (κ1) is 11.0. The topological polar surface area (TPSA) is 47.6 Å². The molecule has 0 aliphatic carbocycles. The van der Waals surface area contributed by atoms with Crippen LogP contribution in [0.3, 0.4) is 0 Å². The van der Waals surface area contributed by atoms with Gasteiger partial charge >= 0.3 is 0 Å². The molecule has 1 aliphatic heterocycles. The fourth-order valence-electron chi connectivity index (χ4n) is 2.03. The van der Waals surface area contributed by atoms with Gasteiger partial charge in [-0.05, 0) is 12.0 Å². The van der Waals surface area contributed by atoms with Crippen molar-refractivity contribution >= 4 is 6.02 Å². The Balaban J connectivity index is 2.10. The molecular weight excluding hydrogens is 200 g/mol. The summed E-state index contributed by atoms with van der Waals surface area (Å²) >= 11 is 0. The molecule has 1 aromatic rings. The van der Waals surface area contributed by atoms with Crippen molar-refractivity contribution in [3.05, 3.63) is 35.9 Å². The summed E-state index contributed by atoms with van der Waals surface area (Å²) in [4.78, 5) is 4.36. The minimum absolute atomic E-state index is 0.00718. The average Bonchev–Trinajstić information content (AvgIpc) is 2.69. The number of benzene rings is 1. The molecule has 2 rings (SSSR count). The SMILES string of the molecule is CCCCC1N=C(N)OC1c1ccccc1. The van der Waals surface area contributed by atoms with E-state index in [1.54, 1.807) is 0 Å². The lowest BCUT2D eigenvalue weighted by Crippen LogP contribution is -2.16. The maximum absolute atomic E-state index is 5.65. The fourth-order valence-corrected chi connectivity index (χ4v) is 2.03. The lowest BCUT2D eigenvalue weighted by molar-refractivity contribution is 0.187. The Morgan fingerprint density at radius 1 is 1.31 bits per heavy atom. The molecule has 1 aliphatic rings. The van der Waals surface area contributed by atoms with Crippen LogP contribution in [0.25, 0.3) is 0 Å². The van der Waals surface area contributed by atoms with Gasteiger partial charge in [0.05, 0.1) is 6.04 Å². The summed E-state index contributed by atoms with van der Waals surface area (Å²) in [5, 5.41) is 0. The molecule has 86 valence electrons. The summed E-state index contributed by atoms with van der Waals surface area (Å²) in [7, 11) is 0. The Kier molecular flexibility index (Phi) is 3.44. The molecular formula is C13H18N2O. The third kappa shape index (κ3) is 2.35. The van der Waals surface area contributed by atoms with E-state index in [1.807, 2.05) is 18.2 Å². The lowest BCUT2D eigenvalue weighted by atomic mass is 9.99. The van der Waals surface area contributed by atoms with Gasteiger partial charge < -0.3 is 10.5 Å². The van der Waals surface area contributed by atoms with Gasteiger partial charge in [-0.1, -0.05) is 50.1 Å². The first-order chi connectivity index (χ1) is 7.81. The van der Waals surface area contributed by atoms with Gasteiger partial charge in [0.2, 0.25) is 0 Å². The fraction of sp³-hybridized carbons (Fsp3) is 0.462. The molecule has 0 fully saturated rings. The standard InChI is InChI=1S/C13H18N2O/c1-2-3-9-11-12(16-13(14)15-11)10-7-5-4-6-8-10/h4-8,11-12H,2-3,9H2,1H3,(H2,14,15). The molecule has 2 N–H and O–H groups in total. The normalized spacial score (nSPS) is 23.9. The van der Waals surface area contributed by atoms with Crippen molar-refractivity contribution in [3.63, 3.8) is 0 Å². The quantitative estimate of drug-likeness (QED) is 0.844. The van der Waals surface area contributed by atoms with E-state index in [4.69, 9.17) is 10.5 Å². The summed E-state index contributed by atoms with van der Waals surface area (Å²) in [6.45, 7) is 2.18. The van der Waals surface area contributed by atoms with Crippen LogP contribution in [0.4, 0.5) is 0 Å². The van der Waals surface area contributed by atoms with Crippen LogP contribution in [0.1, 0.15) is 37.9 Å². The highest BCUT2D eigenvalue weighted by atomic mass is 16.5. The molecule has 0 aromatic heterocycles. The summed E-state index contributed by atoms with van der Waals surface area (Å²) < 4.78 is 5.58. The largest absolute Gasteiger partial charge is 0.455 e. The van der Waals surface area contributed by atoms with E-state index in [9.17, 15) is 0 Å². The number of ether oxygens (including phenoxy) is 1. The number of nitrogens with two attached hydrogens (primary N) is 1. The zero-order valence-corrected chi connectivity index (χ0v) is 9.60. The molecule has 0 saturated heterocycles. The van der Waals surface area contributed by atoms with E-state index >= 15 is 0 Å². The van der Waals surface area contributed by atoms with E-state index in [0.29, 0.717) is 6.02 Å². The molecule has 1 aromatic carbocycles. The molecule has 3 nitrogen and oxygen atoms in total. The molecule has 0 bridgehead atoms. The first-order valence-corrected chi connectivity index (χ1v) is 5.86. The Bertz CT molecular complexity index is 361. The Morgan fingerprint density at radius 2 is 2.06 bits per heavy atom. The van der Waals surface area contributed by atoms with Crippen LogP contribution in [0.5, 0.6) is 0 Å². The maximum atomic E-state index is 5.65. The van der Waals surface area contributed by atoms with Crippen molar-refractivity contribution in [3.8, 4) is 0 Å². The number of unbranched alkanes of at least 4 members (excludes halogenated alkanes) is 1. The number of hydrogen-bond donors (Lipinski definition) is 1. The molecule has 0 saturated carbocycles. The number of hydrogen-bond acceptors (Lipinski definition) is 3. The highest BCUT2D eigenvalue weighted by molar-refractivity contribution is 5.73. The van der Waals surface area contributed by atoms with Gasteiger partial charge in [0, 0.05) is 0 Å². The van der Waals surface area contributed by atoms with Crippen LogP contribution in [0, 0.1) is 0 Å². The average molecular weight is 218 g/mol. The van der Waals surface area contributed by atoms with Crippen molar-refractivity contribution in [2.75, 3.05) is 0 Å². The van der Waals surface area contributed by atoms with E-state index in [-0.39, 0.29) is 12.1 Å². The second-order valence-electron chi connectivity index (χ2n) is 4.13. The van der Waals surface area contributed by atoms with Gasteiger partial charge in [0.25, 0.3) is 6.02 Å². The molecule has 0 radical (unpaired) electrons. The third-order valence-corrected chi connectivity index (χ3v) is 2.87. The predicted molar refractivity (Wildman–Crippen MR) is 65.2 cm³/mol. The van der Waals surface area contributed by atoms with E-state index in [2.05, 4.69) is 24.0 Å². The smallest absolute Gasteiger partial charge is 0.283 e. The zero-order valence-electron chi connectivity index (χ0n) is 9.60. The van der Waals surface area contributed by atoms with Crippen LogP contribution in [0.15, 0.2) is 35.3 Å². The van der Waals surface area contributed by atoms with Crippen molar-refractivity contribution in [1.82, 2.24) is 0 Å². The number of amidine groups is 1. The van der Waals surface area contributed by atoms with Crippen LogP contribution in [-0.2, 0) is 4.74 Å². The van der Waals surface area contributed by atoms with Gasteiger partial charge in [0.1, 0.15) is 6.10 Å². The second-order valence-corrected chi connectivity index (χ2v) is 4.13. The molecule has 2 unspecified atom stereocenters. The summed E-state index contributed by atoms with van der Waals surface area (Å²) in [6, 6.07) is 10.7. The number of aliphatic imine (C=N–C) groups is 1. The van der Waals surface area contributed by atoms with E-state index < -0.39 is 0 Å². The van der Waals surface area contributed by atoms with Gasteiger partial charge in [-0.3, -0.25) is 0 Å². The highest BCUT2D eigenvalue weighted by Gasteiger charge is 2.30. The van der Waals surface area contributed by atoms with Crippen molar-refractivity contribution < 1.29 is 4.74 Å². The Labute approximate surface area is 96.3 Å². The van der Waals surface area contributed by atoms with Gasteiger partial charge in [-0.25, -0.2) is 4.99 Å². The second kappa shape index (κ2) is 5.01. The van der Waals surface area contributed by atoms with Gasteiger partial charge in [-0.2, -0.15) is 0 Å². The Hall–Kier alpha value is -1.51. The lowest BCUT2D eigenvalue weighted by Gasteiger charge is -2.17. The van der Waals surface area contributed by atoms with Gasteiger partial charge in [-0.15, -0.1) is 0 Å². The summed E-state index contributed by atoms with van der Waals surface area (Å²) in [6.07, 6.45) is 3.38. The molecule has 3 heteroatoms. The molecule has 1 heterocycles. The molecule has 0 spiro atoms. The number of nitrogens with zero attached hydrogens (tertiary/aromatic N) is 1. The van der Waals surface area contributed by atoms with E-state index in [1.165, 1.54) is 6.42 Å². The molecule has 2 atom stereocenters. The van der Waals surface area contributed by atoms with Gasteiger partial charge in [0.15, 0.2) is 0 Å². The highest BCUT2D eigenvalue weighted by Crippen LogP contribution is 2.30. The maximum Gasteiger partial charge on any atom is 0.283 e. The summed E-state index contributed by atoms with van der Waals surface area (Å²) in [5.74, 6) is 0. The minimum Gasteiger partial charge on any atom is -0.455 e. The monoisotopic (exact) mass is 218 g/mol. The van der Waals surface area contributed by atoms with Crippen molar-refractivity contribution in [2.45, 2.75) is 38.3 Å². The third-order valence-electron chi connectivity index (χ3n) is 2.87. The number of rotatable bonds is 4. The summed E-state index contributed by atoms with van der Waals surface area (Å²) in [5.41, 5.74) is 6.81. The van der Waals surface area contributed by atoms with Crippen molar-refractivity contribution in [2.24, 2.45) is 10.7 Å². The minimum atomic E-state index is 0.00718. The van der Waals surface area contributed by atoms with Crippen molar-refractivity contribution in [1.29, 1.82) is 0 Å². The van der Waals surface area contributed by atoms with Crippen LogP contribution in [0.2, 0.25) is 0 Å². The van der Waals surface area contributed by atoms with Crippen LogP contribution in [-0.4, -0.2) is 12.1 Å². The predicted octanol–water partition coefficient (Wildman–Crippen LogP) is 2.63. The molecule has 0 amide bonds. The Morgan fingerprint density at radius 3 is 2.75 bits per heavy atom.